The van der Waals surface area contributed by atoms with Crippen LogP contribution in [0.4, 0.5) is 0 Å². The van der Waals surface area contributed by atoms with Crippen LogP contribution in [0.15, 0.2) is 30.5 Å². The molecule has 6 nitrogen and oxygen atoms in total. The van der Waals surface area contributed by atoms with Gasteiger partial charge in [0.15, 0.2) is 17.3 Å². The lowest BCUT2D eigenvalue weighted by Gasteiger charge is -2.27. The van der Waals surface area contributed by atoms with Crippen LogP contribution in [0.3, 0.4) is 0 Å². The molecular weight excluding hydrogens is 332 g/mol. The topological polar surface area (TPSA) is 69.6 Å². The SMILES string of the molecule is CC(=O)c1cc(C(=O)NCC(C)(C)c2ccc3c(c2)OCCO3)n(C)c1. The van der Waals surface area contributed by atoms with Crippen LogP contribution in [0, 0.1) is 0 Å². The summed E-state index contributed by atoms with van der Waals surface area (Å²) in [5.41, 5.74) is 1.76. The van der Waals surface area contributed by atoms with E-state index in [1.807, 2.05) is 18.2 Å². The Bertz CT molecular complexity index is 851. The number of ether oxygens (including phenoxy) is 2. The van der Waals surface area contributed by atoms with Crippen molar-refractivity contribution >= 4 is 11.7 Å². The van der Waals surface area contributed by atoms with E-state index in [0.29, 0.717) is 31.0 Å². The number of nitrogens with one attached hydrogen (secondary N) is 1. The zero-order valence-corrected chi connectivity index (χ0v) is 15.6. The third-order valence-electron chi connectivity index (χ3n) is 4.66. The minimum absolute atomic E-state index is 0.0590. The fourth-order valence-corrected chi connectivity index (χ4v) is 2.94. The number of benzene rings is 1. The van der Waals surface area contributed by atoms with E-state index in [1.165, 1.54) is 6.92 Å². The Labute approximate surface area is 153 Å². The van der Waals surface area contributed by atoms with Gasteiger partial charge in [-0.2, -0.15) is 0 Å². The zero-order chi connectivity index (χ0) is 18.9. The summed E-state index contributed by atoms with van der Waals surface area (Å²) >= 11 is 0. The summed E-state index contributed by atoms with van der Waals surface area (Å²) in [6.07, 6.45) is 1.67. The number of nitrogens with zero attached hydrogens (tertiary/aromatic N) is 1. The number of rotatable bonds is 5. The number of ketones is 1. The highest BCUT2D eigenvalue weighted by Crippen LogP contribution is 2.34. The molecule has 138 valence electrons. The highest BCUT2D eigenvalue weighted by atomic mass is 16.6. The van der Waals surface area contributed by atoms with Crippen molar-refractivity contribution in [2.24, 2.45) is 7.05 Å². The average Bonchev–Trinajstić information content (AvgIpc) is 3.01. The first-order chi connectivity index (χ1) is 12.3. The Morgan fingerprint density at radius 3 is 2.50 bits per heavy atom. The minimum Gasteiger partial charge on any atom is -0.486 e. The maximum atomic E-state index is 12.5. The van der Waals surface area contributed by atoms with Gasteiger partial charge in [-0.05, 0) is 30.7 Å². The predicted octanol–water partition coefficient (Wildman–Crippen LogP) is 2.71. The highest BCUT2D eigenvalue weighted by Gasteiger charge is 2.25. The molecule has 6 heteroatoms. The molecule has 26 heavy (non-hydrogen) atoms. The standard InChI is InChI=1S/C20H24N2O4/c1-13(23)14-9-16(22(4)11-14)19(24)21-12-20(2,3)15-5-6-17-18(10-15)26-8-7-25-17/h5-6,9-11H,7-8,12H2,1-4H3,(H,21,24). The van der Waals surface area contributed by atoms with Crippen molar-refractivity contribution in [3.05, 3.63) is 47.3 Å². The third kappa shape index (κ3) is 3.59. The van der Waals surface area contributed by atoms with Gasteiger partial charge in [0.25, 0.3) is 5.91 Å². The Kier molecular flexibility index (Phi) is 4.76. The van der Waals surface area contributed by atoms with Crippen molar-refractivity contribution in [3.8, 4) is 11.5 Å². The Morgan fingerprint density at radius 2 is 1.85 bits per heavy atom. The van der Waals surface area contributed by atoms with E-state index in [-0.39, 0.29) is 17.1 Å². The maximum Gasteiger partial charge on any atom is 0.267 e. The summed E-state index contributed by atoms with van der Waals surface area (Å²) in [6, 6.07) is 7.49. The summed E-state index contributed by atoms with van der Waals surface area (Å²) in [4.78, 5) is 24.0. The van der Waals surface area contributed by atoms with Crippen LogP contribution in [-0.2, 0) is 12.5 Å². The van der Waals surface area contributed by atoms with Crippen molar-refractivity contribution in [2.45, 2.75) is 26.2 Å². The van der Waals surface area contributed by atoms with Crippen molar-refractivity contribution in [1.29, 1.82) is 0 Å². The second-order valence-electron chi connectivity index (χ2n) is 7.21. The minimum atomic E-state index is -0.292. The van der Waals surface area contributed by atoms with E-state index in [4.69, 9.17) is 9.47 Å². The van der Waals surface area contributed by atoms with Gasteiger partial charge in [0, 0.05) is 30.8 Å². The van der Waals surface area contributed by atoms with Crippen LogP contribution < -0.4 is 14.8 Å². The van der Waals surface area contributed by atoms with Gasteiger partial charge in [0.1, 0.15) is 18.9 Å². The summed E-state index contributed by atoms with van der Waals surface area (Å²) in [6.45, 7) is 7.16. The maximum absolute atomic E-state index is 12.5. The first-order valence-electron chi connectivity index (χ1n) is 8.63. The lowest BCUT2D eigenvalue weighted by Crippen LogP contribution is -2.37. The molecule has 1 aliphatic heterocycles. The van der Waals surface area contributed by atoms with E-state index >= 15 is 0 Å². The molecular formula is C20H24N2O4. The van der Waals surface area contributed by atoms with Crippen molar-refractivity contribution in [2.75, 3.05) is 19.8 Å². The lowest BCUT2D eigenvalue weighted by atomic mass is 9.84. The fourth-order valence-electron chi connectivity index (χ4n) is 2.94. The van der Waals surface area contributed by atoms with Gasteiger partial charge in [-0.15, -0.1) is 0 Å². The molecule has 0 saturated carbocycles. The van der Waals surface area contributed by atoms with Crippen LogP contribution in [0.1, 0.15) is 47.2 Å². The van der Waals surface area contributed by atoms with E-state index in [9.17, 15) is 9.59 Å². The molecule has 1 amide bonds. The summed E-state index contributed by atoms with van der Waals surface area (Å²) < 4.78 is 12.9. The fraction of sp³-hybridized carbons (Fsp3) is 0.400. The largest absolute Gasteiger partial charge is 0.486 e. The number of amides is 1. The van der Waals surface area contributed by atoms with Crippen LogP contribution >= 0.6 is 0 Å². The first-order valence-corrected chi connectivity index (χ1v) is 8.63. The molecule has 1 aromatic carbocycles. The van der Waals surface area contributed by atoms with E-state index < -0.39 is 0 Å². The van der Waals surface area contributed by atoms with Gasteiger partial charge in [0.05, 0.1) is 0 Å². The average molecular weight is 356 g/mol. The number of Topliss-reactive ketones (excluding diaryl/α,β-unsaturated/α-hetero) is 1. The van der Waals surface area contributed by atoms with Crippen LogP contribution in [0.25, 0.3) is 0 Å². The number of aryl methyl sites for hydroxylation is 1. The van der Waals surface area contributed by atoms with Gasteiger partial charge < -0.3 is 19.4 Å². The Morgan fingerprint density at radius 1 is 1.15 bits per heavy atom. The second kappa shape index (κ2) is 6.86. The first kappa shape index (κ1) is 18.0. The van der Waals surface area contributed by atoms with E-state index in [0.717, 1.165) is 17.1 Å². The second-order valence-corrected chi connectivity index (χ2v) is 7.21. The molecule has 1 N–H and O–H groups in total. The molecule has 2 heterocycles. The van der Waals surface area contributed by atoms with E-state index in [1.54, 1.807) is 23.9 Å². The highest BCUT2D eigenvalue weighted by molar-refractivity contribution is 5.99. The predicted molar refractivity (Wildman–Crippen MR) is 98.2 cm³/mol. The van der Waals surface area contributed by atoms with Crippen LogP contribution in [-0.4, -0.2) is 36.0 Å². The smallest absolute Gasteiger partial charge is 0.267 e. The molecule has 0 unspecified atom stereocenters. The number of hydrogen-bond donors (Lipinski definition) is 1. The van der Waals surface area contributed by atoms with Gasteiger partial charge in [-0.1, -0.05) is 19.9 Å². The molecule has 0 fully saturated rings. The molecule has 1 aromatic heterocycles. The normalized spacial score (nSPS) is 13.4. The number of carbonyl (C=O) groups excluding carboxylic acids is 2. The third-order valence-corrected chi connectivity index (χ3v) is 4.66. The summed E-state index contributed by atoms with van der Waals surface area (Å²) in [7, 11) is 1.76. The quantitative estimate of drug-likeness (QED) is 0.837. The van der Waals surface area contributed by atoms with Gasteiger partial charge in [-0.3, -0.25) is 9.59 Å². The number of carbonyl (C=O) groups is 2. The van der Waals surface area contributed by atoms with Crippen molar-refractivity contribution < 1.29 is 19.1 Å². The number of aromatic nitrogens is 1. The Balaban J connectivity index is 1.71. The molecule has 0 atom stereocenters. The lowest BCUT2D eigenvalue weighted by molar-refractivity contribution is 0.0937. The van der Waals surface area contributed by atoms with E-state index in [2.05, 4.69) is 19.2 Å². The summed E-state index contributed by atoms with van der Waals surface area (Å²) in [5.74, 6) is 1.23. The molecule has 2 aromatic rings. The van der Waals surface area contributed by atoms with Gasteiger partial charge in [-0.25, -0.2) is 0 Å². The Hall–Kier alpha value is -2.76. The van der Waals surface area contributed by atoms with Crippen molar-refractivity contribution in [1.82, 2.24) is 9.88 Å². The molecule has 3 rings (SSSR count). The van der Waals surface area contributed by atoms with Gasteiger partial charge in [0.2, 0.25) is 0 Å². The molecule has 0 saturated heterocycles. The van der Waals surface area contributed by atoms with Gasteiger partial charge >= 0.3 is 0 Å². The number of fused-ring (bicyclic) bond motifs is 1. The number of hydrogen-bond acceptors (Lipinski definition) is 4. The molecule has 0 radical (unpaired) electrons. The zero-order valence-electron chi connectivity index (χ0n) is 15.6. The molecule has 0 spiro atoms. The molecule has 1 aliphatic rings. The molecule has 0 bridgehead atoms. The molecule has 0 aliphatic carbocycles. The van der Waals surface area contributed by atoms with Crippen LogP contribution in [0.2, 0.25) is 0 Å². The van der Waals surface area contributed by atoms with Crippen molar-refractivity contribution in [3.63, 3.8) is 0 Å². The monoisotopic (exact) mass is 356 g/mol. The van der Waals surface area contributed by atoms with Crippen LogP contribution in [0.5, 0.6) is 11.5 Å². The summed E-state index contributed by atoms with van der Waals surface area (Å²) in [5, 5.41) is 2.97.